The van der Waals surface area contributed by atoms with Gasteiger partial charge in [-0.25, -0.2) is 8.42 Å². The molecule has 0 saturated carbocycles. The average Bonchev–Trinajstić information content (AvgIpc) is 2.74. The predicted molar refractivity (Wildman–Crippen MR) is 121 cm³/mol. The molecular weight excluding hydrogens is 400 g/mol. The minimum Gasteiger partial charge on any atom is -0.367 e. The van der Waals surface area contributed by atoms with E-state index < -0.39 is 10.0 Å². The molecule has 2 aromatic carbocycles. The number of amides is 1. The molecule has 0 unspecified atom stereocenters. The highest BCUT2D eigenvalue weighted by Gasteiger charge is 2.21. The molecule has 3 N–H and O–H groups in total. The van der Waals surface area contributed by atoms with Crippen molar-refractivity contribution in [2.24, 2.45) is 0 Å². The summed E-state index contributed by atoms with van der Waals surface area (Å²) in [5.41, 5.74) is 2.59. The smallest absolute Gasteiger partial charge is 0.261 e. The van der Waals surface area contributed by atoms with Crippen LogP contribution in [0, 0.1) is 6.92 Å². The van der Waals surface area contributed by atoms with Crippen molar-refractivity contribution < 1.29 is 13.2 Å². The fraction of sp³-hybridized carbons (Fsp3) is 0.409. The maximum atomic E-state index is 13.0. The molecule has 162 valence electrons. The van der Waals surface area contributed by atoms with Gasteiger partial charge in [0, 0.05) is 37.8 Å². The second-order valence-electron chi connectivity index (χ2n) is 7.67. The van der Waals surface area contributed by atoms with Gasteiger partial charge < -0.3 is 15.5 Å². The topological polar surface area (TPSA) is 90.5 Å². The number of nitrogens with zero attached hydrogens (tertiary/aromatic N) is 1. The quantitative estimate of drug-likeness (QED) is 0.628. The Kier molecular flexibility index (Phi) is 6.99. The van der Waals surface area contributed by atoms with Crippen molar-refractivity contribution in [3.05, 3.63) is 53.6 Å². The molecule has 1 saturated heterocycles. The van der Waals surface area contributed by atoms with E-state index in [1.54, 1.807) is 36.4 Å². The van der Waals surface area contributed by atoms with E-state index in [0.29, 0.717) is 11.3 Å². The molecule has 8 heteroatoms. The molecule has 1 amide bonds. The fourth-order valence-electron chi connectivity index (χ4n) is 3.27. The zero-order valence-corrected chi connectivity index (χ0v) is 18.6. The second kappa shape index (κ2) is 9.49. The largest absolute Gasteiger partial charge is 0.367 e. The van der Waals surface area contributed by atoms with Crippen LogP contribution in [-0.4, -0.2) is 46.5 Å². The molecule has 7 nitrogen and oxygen atoms in total. The van der Waals surface area contributed by atoms with Crippen LogP contribution in [0.1, 0.15) is 36.2 Å². The lowest BCUT2D eigenvalue weighted by molar-refractivity contribution is 0.0939. The molecule has 0 spiro atoms. The van der Waals surface area contributed by atoms with Crippen LogP contribution in [0.4, 0.5) is 11.4 Å². The summed E-state index contributed by atoms with van der Waals surface area (Å²) in [6.45, 7) is 9.01. The maximum Gasteiger partial charge on any atom is 0.261 e. The first kappa shape index (κ1) is 22.1. The third-order valence-corrected chi connectivity index (χ3v) is 6.66. The van der Waals surface area contributed by atoms with E-state index in [1.165, 1.54) is 0 Å². The van der Waals surface area contributed by atoms with Gasteiger partial charge in [-0.15, -0.1) is 0 Å². The van der Waals surface area contributed by atoms with Gasteiger partial charge in [0.2, 0.25) is 0 Å². The van der Waals surface area contributed by atoms with Crippen LogP contribution in [0.5, 0.6) is 0 Å². The molecule has 1 fully saturated rings. The van der Waals surface area contributed by atoms with Gasteiger partial charge >= 0.3 is 0 Å². The van der Waals surface area contributed by atoms with E-state index in [2.05, 4.69) is 20.3 Å². The molecule has 0 radical (unpaired) electrons. The number of aryl methyl sites for hydroxylation is 1. The van der Waals surface area contributed by atoms with E-state index in [9.17, 15) is 13.2 Å². The number of piperazine rings is 1. The molecule has 2 aromatic rings. The van der Waals surface area contributed by atoms with E-state index in [0.717, 1.165) is 43.9 Å². The summed E-state index contributed by atoms with van der Waals surface area (Å²) in [5.74, 6) is -0.216. The molecule has 1 aliphatic heterocycles. The standard InChI is InChI=1S/C22H30N4O3S/c1-4-17(3)24-22(27)18-7-10-21(26-13-11-23-12-14-26)20(15-18)25-30(28,29)19-8-5-16(2)6-9-19/h5-10,15,17,23,25H,4,11-14H2,1-3H3,(H,24,27)/t17-/m1/s1. The Balaban J connectivity index is 1.96. The monoisotopic (exact) mass is 430 g/mol. The van der Waals surface area contributed by atoms with Gasteiger partial charge in [-0.2, -0.15) is 0 Å². The number of rotatable bonds is 7. The number of anilines is 2. The number of benzene rings is 2. The first-order valence-corrected chi connectivity index (χ1v) is 11.8. The van der Waals surface area contributed by atoms with Gasteiger partial charge in [-0.05, 0) is 50.6 Å². The highest BCUT2D eigenvalue weighted by atomic mass is 32.2. The Morgan fingerprint density at radius 1 is 1.13 bits per heavy atom. The molecule has 3 rings (SSSR count). The Morgan fingerprint density at radius 3 is 2.43 bits per heavy atom. The Hall–Kier alpha value is -2.58. The third kappa shape index (κ3) is 5.31. The summed E-state index contributed by atoms with van der Waals surface area (Å²) in [6, 6.07) is 11.9. The summed E-state index contributed by atoms with van der Waals surface area (Å²) in [7, 11) is -3.79. The lowest BCUT2D eigenvalue weighted by Gasteiger charge is -2.31. The number of hydrogen-bond acceptors (Lipinski definition) is 5. The zero-order valence-electron chi connectivity index (χ0n) is 17.7. The van der Waals surface area contributed by atoms with Gasteiger partial charge in [0.25, 0.3) is 15.9 Å². The first-order chi connectivity index (χ1) is 14.3. The molecule has 1 atom stereocenters. The first-order valence-electron chi connectivity index (χ1n) is 10.3. The van der Waals surface area contributed by atoms with Crippen LogP contribution >= 0.6 is 0 Å². The van der Waals surface area contributed by atoms with Gasteiger partial charge in [0.1, 0.15) is 0 Å². The normalized spacial score (nSPS) is 15.5. The van der Waals surface area contributed by atoms with Crippen molar-refractivity contribution >= 4 is 27.3 Å². The minimum absolute atomic E-state index is 0.0399. The highest BCUT2D eigenvalue weighted by molar-refractivity contribution is 7.92. The Bertz CT molecular complexity index is 984. The van der Waals surface area contributed by atoms with Crippen molar-refractivity contribution in [1.82, 2.24) is 10.6 Å². The summed E-state index contributed by atoms with van der Waals surface area (Å²) in [4.78, 5) is 14.9. The molecule has 0 aromatic heterocycles. The van der Waals surface area contributed by atoms with Crippen molar-refractivity contribution in [2.45, 2.75) is 38.1 Å². The minimum atomic E-state index is -3.79. The zero-order chi connectivity index (χ0) is 21.7. The van der Waals surface area contributed by atoms with Crippen LogP contribution < -0.4 is 20.3 Å². The summed E-state index contributed by atoms with van der Waals surface area (Å²) < 4.78 is 28.7. The van der Waals surface area contributed by atoms with Crippen LogP contribution in [0.15, 0.2) is 47.4 Å². The van der Waals surface area contributed by atoms with E-state index in [4.69, 9.17) is 0 Å². The van der Waals surface area contributed by atoms with E-state index in [1.807, 2.05) is 26.8 Å². The highest BCUT2D eigenvalue weighted by Crippen LogP contribution is 2.30. The molecule has 0 bridgehead atoms. The number of hydrogen-bond donors (Lipinski definition) is 3. The molecule has 1 aliphatic rings. The number of sulfonamides is 1. The van der Waals surface area contributed by atoms with Gasteiger partial charge in [0.05, 0.1) is 16.3 Å². The number of carbonyl (C=O) groups excluding carboxylic acids is 1. The Labute approximate surface area is 178 Å². The Morgan fingerprint density at radius 2 is 1.80 bits per heavy atom. The lowest BCUT2D eigenvalue weighted by Crippen LogP contribution is -2.43. The third-order valence-electron chi connectivity index (χ3n) is 5.28. The van der Waals surface area contributed by atoms with Crippen LogP contribution in [0.3, 0.4) is 0 Å². The van der Waals surface area contributed by atoms with E-state index >= 15 is 0 Å². The van der Waals surface area contributed by atoms with Crippen molar-refractivity contribution in [3.63, 3.8) is 0 Å². The number of nitrogens with one attached hydrogen (secondary N) is 3. The lowest BCUT2D eigenvalue weighted by atomic mass is 10.1. The van der Waals surface area contributed by atoms with Crippen LogP contribution in [-0.2, 0) is 10.0 Å². The summed E-state index contributed by atoms with van der Waals surface area (Å²) >= 11 is 0. The molecule has 0 aliphatic carbocycles. The predicted octanol–water partition coefficient (Wildman–Crippen LogP) is 2.73. The molecule has 30 heavy (non-hydrogen) atoms. The van der Waals surface area contributed by atoms with Crippen molar-refractivity contribution in [1.29, 1.82) is 0 Å². The van der Waals surface area contributed by atoms with E-state index in [-0.39, 0.29) is 16.8 Å². The molecule has 1 heterocycles. The van der Waals surface area contributed by atoms with Gasteiger partial charge in [-0.3, -0.25) is 9.52 Å². The van der Waals surface area contributed by atoms with Gasteiger partial charge in [-0.1, -0.05) is 24.6 Å². The van der Waals surface area contributed by atoms with Crippen molar-refractivity contribution in [3.8, 4) is 0 Å². The summed E-state index contributed by atoms with van der Waals surface area (Å²) in [6.07, 6.45) is 0.817. The van der Waals surface area contributed by atoms with Crippen molar-refractivity contribution in [2.75, 3.05) is 35.8 Å². The van der Waals surface area contributed by atoms with Crippen LogP contribution in [0.25, 0.3) is 0 Å². The maximum absolute atomic E-state index is 13.0. The summed E-state index contributed by atoms with van der Waals surface area (Å²) in [5, 5.41) is 6.23. The second-order valence-corrected chi connectivity index (χ2v) is 9.35. The number of carbonyl (C=O) groups is 1. The SMILES string of the molecule is CC[C@@H](C)NC(=O)c1ccc(N2CCNCC2)c(NS(=O)(=O)c2ccc(C)cc2)c1. The average molecular weight is 431 g/mol. The van der Waals surface area contributed by atoms with Gasteiger partial charge in [0.15, 0.2) is 0 Å². The fourth-order valence-corrected chi connectivity index (χ4v) is 4.34. The van der Waals surface area contributed by atoms with Crippen LogP contribution in [0.2, 0.25) is 0 Å². The molecular formula is C22H30N4O3S.